The predicted molar refractivity (Wildman–Crippen MR) is 98.5 cm³/mol. The summed E-state index contributed by atoms with van der Waals surface area (Å²) in [7, 11) is -3.72. The molecule has 0 aliphatic heterocycles. The Bertz CT molecular complexity index is 1100. The number of H-pyrrole nitrogens is 1. The van der Waals surface area contributed by atoms with Gasteiger partial charge < -0.3 is 5.32 Å². The van der Waals surface area contributed by atoms with Crippen molar-refractivity contribution in [3.8, 4) is 10.7 Å². The molecule has 0 saturated heterocycles. The molecule has 2 heterocycles. The van der Waals surface area contributed by atoms with E-state index in [1.165, 1.54) is 23.5 Å². The van der Waals surface area contributed by atoms with Gasteiger partial charge in [0.15, 0.2) is 15.7 Å². The Hall–Kier alpha value is -2.24. The highest BCUT2D eigenvalue weighted by atomic mass is 79.9. The SMILES string of the molecule is O=C(CS(=O)(=O)c1cccc(Br)c1)NCc1ccc(-c2noc(=O)[nH]2)s1. The molecule has 0 radical (unpaired) electrons. The van der Waals surface area contributed by atoms with Crippen LogP contribution in [0.1, 0.15) is 4.88 Å². The van der Waals surface area contributed by atoms with E-state index in [9.17, 15) is 18.0 Å². The zero-order chi connectivity index (χ0) is 18.7. The van der Waals surface area contributed by atoms with Crippen molar-refractivity contribution in [1.82, 2.24) is 15.5 Å². The van der Waals surface area contributed by atoms with E-state index < -0.39 is 27.3 Å². The van der Waals surface area contributed by atoms with Crippen LogP contribution in [0, 0.1) is 0 Å². The van der Waals surface area contributed by atoms with Crippen LogP contribution in [0.25, 0.3) is 10.7 Å². The predicted octanol–water partition coefficient (Wildman–Crippen LogP) is 1.94. The van der Waals surface area contributed by atoms with Gasteiger partial charge >= 0.3 is 5.76 Å². The minimum atomic E-state index is -3.72. The number of aromatic nitrogens is 2. The van der Waals surface area contributed by atoms with Crippen molar-refractivity contribution >= 4 is 43.0 Å². The maximum atomic E-state index is 12.3. The van der Waals surface area contributed by atoms with E-state index in [4.69, 9.17) is 0 Å². The molecule has 1 amide bonds. The number of nitrogens with zero attached hydrogens (tertiary/aromatic N) is 1. The van der Waals surface area contributed by atoms with Crippen LogP contribution in [0.3, 0.4) is 0 Å². The van der Waals surface area contributed by atoms with Gasteiger partial charge in [-0.1, -0.05) is 27.2 Å². The minimum Gasteiger partial charge on any atom is -0.350 e. The molecule has 0 aliphatic carbocycles. The number of thiophene rings is 1. The van der Waals surface area contributed by atoms with Crippen LogP contribution in [0.2, 0.25) is 0 Å². The molecular formula is C15H12BrN3O5S2. The van der Waals surface area contributed by atoms with Gasteiger partial charge in [-0.3, -0.25) is 14.3 Å². The second-order valence-electron chi connectivity index (χ2n) is 5.20. The second-order valence-corrected chi connectivity index (χ2v) is 9.28. The molecule has 2 N–H and O–H groups in total. The molecule has 136 valence electrons. The average molecular weight is 458 g/mol. The quantitative estimate of drug-likeness (QED) is 0.582. The van der Waals surface area contributed by atoms with Crippen molar-refractivity contribution in [2.45, 2.75) is 11.4 Å². The summed E-state index contributed by atoms with van der Waals surface area (Å²) in [5.41, 5.74) is 0. The van der Waals surface area contributed by atoms with Gasteiger partial charge in [0.2, 0.25) is 5.91 Å². The Labute approximate surface area is 160 Å². The van der Waals surface area contributed by atoms with Crippen LogP contribution >= 0.6 is 27.3 Å². The number of nitrogens with one attached hydrogen (secondary N) is 2. The molecule has 8 nitrogen and oxygen atoms in total. The maximum Gasteiger partial charge on any atom is 0.439 e. The van der Waals surface area contributed by atoms with Gasteiger partial charge in [0.1, 0.15) is 5.75 Å². The van der Waals surface area contributed by atoms with Crippen LogP contribution in [0.4, 0.5) is 0 Å². The largest absolute Gasteiger partial charge is 0.439 e. The van der Waals surface area contributed by atoms with E-state index in [0.717, 1.165) is 4.88 Å². The molecule has 0 saturated carbocycles. The van der Waals surface area contributed by atoms with E-state index in [1.807, 2.05) is 0 Å². The summed E-state index contributed by atoms with van der Waals surface area (Å²) in [5.74, 6) is -1.59. The fourth-order valence-corrected chi connectivity index (χ4v) is 4.73. The second kappa shape index (κ2) is 7.56. The van der Waals surface area contributed by atoms with Gasteiger partial charge in [0.05, 0.1) is 16.3 Å². The third-order valence-corrected chi connectivity index (χ3v) is 6.47. The molecule has 0 aliphatic rings. The molecule has 3 aromatic rings. The van der Waals surface area contributed by atoms with Crippen molar-refractivity contribution in [2.24, 2.45) is 0 Å². The summed E-state index contributed by atoms with van der Waals surface area (Å²) < 4.78 is 29.6. The lowest BCUT2D eigenvalue weighted by atomic mass is 10.4. The molecule has 0 spiro atoms. The van der Waals surface area contributed by atoms with Gasteiger partial charge in [0, 0.05) is 9.35 Å². The van der Waals surface area contributed by atoms with Crippen molar-refractivity contribution in [2.75, 3.05) is 5.75 Å². The molecule has 11 heteroatoms. The molecule has 2 aromatic heterocycles. The first-order valence-electron chi connectivity index (χ1n) is 7.23. The van der Waals surface area contributed by atoms with Crippen LogP contribution in [0.5, 0.6) is 0 Å². The summed E-state index contributed by atoms with van der Waals surface area (Å²) in [6.45, 7) is 0.166. The normalized spacial score (nSPS) is 11.4. The minimum absolute atomic E-state index is 0.0791. The summed E-state index contributed by atoms with van der Waals surface area (Å²) in [6, 6.07) is 9.66. The van der Waals surface area contributed by atoms with Crippen molar-refractivity contribution in [3.63, 3.8) is 0 Å². The number of carbonyl (C=O) groups excluding carboxylic acids is 1. The van der Waals surface area contributed by atoms with Gasteiger partial charge in [-0.05, 0) is 30.3 Å². The number of rotatable bonds is 6. The standard InChI is InChI=1S/C15H12BrN3O5S2/c16-9-2-1-3-11(6-9)26(22,23)8-13(20)17-7-10-4-5-12(25-10)14-18-15(21)24-19-14/h1-6H,7-8H2,(H,17,20)(H,18,19,21). The molecule has 26 heavy (non-hydrogen) atoms. The third kappa shape index (κ3) is 4.48. The lowest BCUT2D eigenvalue weighted by Gasteiger charge is -2.06. The lowest BCUT2D eigenvalue weighted by Crippen LogP contribution is -2.29. The summed E-state index contributed by atoms with van der Waals surface area (Å²) in [4.78, 5) is 26.9. The van der Waals surface area contributed by atoms with Gasteiger partial charge in [0.25, 0.3) is 0 Å². The Balaban J connectivity index is 1.61. The summed E-state index contributed by atoms with van der Waals surface area (Å²) >= 11 is 4.50. The number of halogens is 1. The van der Waals surface area contributed by atoms with E-state index in [0.29, 0.717) is 15.2 Å². The van der Waals surface area contributed by atoms with E-state index in [2.05, 4.69) is 35.9 Å². The van der Waals surface area contributed by atoms with Crippen LogP contribution in [0.15, 0.2) is 55.1 Å². The highest BCUT2D eigenvalue weighted by Gasteiger charge is 2.19. The molecule has 0 atom stereocenters. The lowest BCUT2D eigenvalue weighted by molar-refractivity contribution is -0.118. The number of hydrogen-bond donors (Lipinski definition) is 2. The first kappa shape index (κ1) is 18.5. The van der Waals surface area contributed by atoms with E-state index in [1.54, 1.807) is 24.3 Å². The van der Waals surface area contributed by atoms with E-state index in [-0.39, 0.29) is 11.4 Å². The molecule has 0 fully saturated rings. The Kier molecular flexibility index (Phi) is 5.39. The Morgan fingerprint density at radius 1 is 1.31 bits per heavy atom. The van der Waals surface area contributed by atoms with Gasteiger partial charge in [-0.15, -0.1) is 11.3 Å². The van der Waals surface area contributed by atoms with Crippen molar-refractivity contribution < 1.29 is 17.7 Å². The van der Waals surface area contributed by atoms with Crippen molar-refractivity contribution in [3.05, 3.63) is 56.3 Å². The topological polar surface area (TPSA) is 122 Å². The molecule has 1 aromatic carbocycles. The Morgan fingerprint density at radius 2 is 2.12 bits per heavy atom. The van der Waals surface area contributed by atoms with Crippen LogP contribution in [-0.4, -0.2) is 30.2 Å². The fraction of sp³-hybridized carbons (Fsp3) is 0.133. The first-order chi connectivity index (χ1) is 12.3. The monoisotopic (exact) mass is 457 g/mol. The molecule has 0 unspecified atom stereocenters. The highest BCUT2D eigenvalue weighted by molar-refractivity contribution is 9.10. The number of benzene rings is 1. The zero-order valence-electron chi connectivity index (χ0n) is 13.1. The summed E-state index contributed by atoms with van der Waals surface area (Å²) in [5, 5.41) is 6.15. The summed E-state index contributed by atoms with van der Waals surface area (Å²) in [6.07, 6.45) is 0. The van der Waals surface area contributed by atoms with Gasteiger partial charge in [-0.25, -0.2) is 13.2 Å². The van der Waals surface area contributed by atoms with Gasteiger partial charge in [-0.2, -0.15) is 0 Å². The highest BCUT2D eigenvalue weighted by Crippen LogP contribution is 2.24. The molecule has 3 rings (SSSR count). The smallest absolute Gasteiger partial charge is 0.350 e. The number of hydrogen-bond acceptors (Lipinski definition) is 7. The number of sulfone groups is 1. The zero-order valence-corrected chi connectivity index (χ0v) is 16.3. The number of amides is 1. The molecular weight excluding hydrogens is 446 g/mol. The molecule has 0 bridgehead atoms. The van der Waals surface area contributed by atoms with E-state index >= 15 is 0 Å². The first-order valence-corrected chi connectivity index (χ1v) is 10.5. The third-order valence-electron chi connectivity index (χ3n) is 3.27. The Morgan fingerprint density at radius 3 is 2.81 bits per heavy atom. The number of aromatic amines is 1. The maximum absolute atomic E-state index is 12.3. The number of carbonyl (C=O) groups is 1. The van der Waals surface area contributed by atoms with Crippen molar-refractivity contribution in [1.29, 1.82) is 0 Å². The fourth-order valence-electron chi connectivity index (χ4n) is 2.09. The van der Waals surface area contributed by atoms with Crippen LogP contribution in [-0.2, 0) is 21.2 Å². The van der Waals surface area contributed by atoms with Crippen LogP contribution < -0.4 is 11.1 Å². The average Bonchev–Trinajstić information content (AvgIpc) is 3.21.